The van der Waals surface area contributed by atoms with Crippen LogP contribution < -0.4 is 9.64 Å². The van der Waals surface area contributed by atoms with Crippen LogP contribution in [-0.4, -0.2) is 66.1 Å². The van der Waals surface area contributed by atoms with Crippen LogP contribution in [0.4, 0.5) is 14.5 Å². The highest BCUT2D eigenvalue weighted by Crippen LogP contribution is 2.33. The molecule has 0 bridgehead atoms. The second-order valence-corrected chi connectivity index (χ2v) is 8.74. The summed E-state index contributed by atoms with van der Waals surface area (Å²) in [6.07, 6.45) is 1.53. The lowest BCUT2D eigenvalue weighted by Gasteiger charge is -2.27. The molecule has 10 heteroatoms. The predicted molar refractivity (Wildman–Crippen MR) is 122 cm³/mol. The number of hydrogen-bond acceptors (Lipinski definition) is 7. The summed E-state index contributed by atoms with van der Waals surface area (Å²) in [5.74, 6) is -3.80. The van der Waals surface area contributed by atoms with E-state index in [0.29, 0.717) is 23.5 Å². The Balaban J connectivity index is 1.43. The first-order valence-electron chi connectivity index (χ1n) is 11.2. The lowest BCUT2D eigenvalue weighted by atomic mass is 9.96. The molecule has 4 rings (SSSR count). The summed E-state index contributed by atoms with van der Waals surface area (Å²) in [5.41, 5.74) is 1.99. The number of ether oxygens (including phenoxy) is 1. The third kappa shape index (κ3) is 5.29. The number of aromatic nitrogens is 1. The van der Waals surface area contributed by atoms with Crippen LogP contribution >= 0.6 is 0 Å². The maximum atomic E-state index is 13.6. The molecule has 0 saturated carbocycles. The van der Waals surface area contributed by atoms with Gasteiger partial charge < -0.3 is 14.5 Å². The monoisotopic (exact) mass is 482 g/mol. The van der Waals surface area contributed by atoms with Gasteiger partial charge in [0.2, 0.25) is 5.91 Å². The number of hydrogen-bond donors (Lipinski definition) is 0. The number of anilines is 1. The van der Waals surface area contributed by atoms with E-state index in [4.69, 9.17) is 10.00 Å². The average Bonchev–Trinajstić information content (AvgIpc) is 3.17. The molecule has 2 aromatic rings. The van der Waals surface area contributed by atoms with Crippen molar-refractivity contribution >= 4 is 23.2 Å². The molecule has 0 N–H and O–H groups in total. The van der Waals surface area contributed by atoms with Gasteiger partial charge in [-0.15, -0.1) is 0 Å². The molecule has 35 heavy (non-hydrogen) atoms. The number of fused-ring (bicyclic) bond motifs is 1. The largest absolute Gasteiger partial charge is 0.490 e. The lowest BCUT2D eigenvalue weighted by Crippen LogP contribution is -2.36. The second kappa shape index (κ2) is 9.78. The standard InChI is InChI=1S/C25H24F2N4O4/c1-30-8-9-35-23-11-16(2-3-20(23)30)22(33)10-17-14-29-7-6-19(17)21(32)4-5-24(34)31-15-25(26,27)12-18(31)13-28/h2-3,6-7,11,14,18H,4-5,8-10,12,15H2,1H3/t18-/m0/s1. The molecule has 3 heterocycles. The molecule has 1 aromatic heterocycles. The Hall–Kier alpha value is -3.87. The molecular formula is C25H24F2N4O4. The molecule has 8 nitrogen and oxygen atoms in total. The molecule has 1 saturated heterocycles. The number of alkyl halides is 2. The van der Waals surface area contributed by atoms with Crippen molar-refractivity contribution in [1.82, 2.24) is 9.88 Å². The first-order chi connectivity index (χ1) is 16.7. The van der Waals surface area contributed by atoms with Gasteiger partial charge in [0.25, 0.3) is 5.92 Å². The molecule has 2 aliphatic rings. The van der Waals surface area contributed by atoms with E-state index < -0.39 is 36.6 Å². The van der Waals surface area contributed by atoms with E-state index in [1.807, 2.05) is 18.0 Å². The van der Waals surface area contributed by atoms with Gasteiger partial charge in [-0.3, -0.25) is 19.4 Å². The van der Waals surface area contributed by atoms with Crippen molar-refractivity contribution in [3.63, 3.8) is 0 Å². The van der Waals surface area contributed by atoms with Gasteiger partial charge >= 0.3 is 0 Å². The van der Waals surface area contributed by atoms with E-state index in [0.717, 1.165) is 17.1 Å². The van der Waals surface area contributed by atoms with Crippen molar-refractivity contribution in [2.75, 3.05) is 31.6 Å². The first kappa shape index (κ1) is 24.3. The van der Waals surface area contributed by atoms with Gasteiger partial charge in [0.1, 0.15) is 18.4 Å². The Morgan fingerprint density at radius 3 is 2.80 bits per heavy atom. The SMILES string of the molecule is CN1CCOc2cc(C(=O)Cc3cnccc3C(=O)CCC(=O)N3CC(F)(F)C[C@H]3C#N)ccc21. The average molecular weight is 482 g/mol. The Morgan fingerprint density at radius 1 is 1.23 bits per heavy atom. The maximum absolute atomic E-state index is 13.6. The normalized spacial score (nSPS) is 18.4. The second-order valence-electron chi connectivity index (χ2n) is 8.74. The molecule has 182 valence electrons. The van der Waals surface area contributed by atoms with E-state index in [-0.39, 0.29) is 30.6 Å². The molecule has 0 radical (unpaired) electrons. The topological polar surface area (TPSA) is 104 Å². The third-order valence-electron chi connectivity index (χ3n) is 6.24. The maximum Gasteiger partial charge on any atom is 0.268 e. The highest BCUT2D eigenvalue weighted by molar-refractivity contribution is 6.03. The number of benzene rings is 1. The number of ketones is 2. The number of likely N-dealkylation sites (N-methyl/N-ethyl adjacent to an activating group) is 1. The summed E-state index contributed by atoms with van der Waals surface area (Å²) in [4.78, 5) is 45.1. The minimum absolute atomic E-state index is 0.0770. The van der Waals surface area contributed by atoms with E-state index in [9.17, 15) is 23.2 Å². The number of amides is 1. The smallest absolute Gasteiger partial charge is 0.268 e. The number of rotatable bonds is 7. The van der Waals surface area contributed by atoms with Crippen LogP contribution in [0.3, 0.4) is 0 Å². The van der Waals surface area contributed by atoms with Crippen molar-refractivity contribution in [1.29, 1.82) is 5.26 Å². The Bertz CT molecular complexity index is 1210. The summed E-state index contributed by atoms with van der Waals surface area (Å²) in [6.45, 7) is 0.445. The number of likely N-dealkylation sites (tertiary alicyclic amines) is 1. The van der Waals surface area contributed by atoms with Crippen LogP contribution in [0.15, 0.2) is 36.7 Å². The molecular weight excluding hydrogens is 458 g/mol. The molecule has 2 aliphatic heterocycles. The van der Waals surface area contributed by atoms with Crippen LogP contribution in [0.2, 0.25) is 0 Å². The van der Waals surface area contributed by atoms with Crippen LogP contribution in [0.5, 0.6) is 5.75 Å². The lowest BCUT2D eigenvalue weighted by molar-refractivity contribution is -0.132. The van der Waals surface area contributed by atoms with Gasteiger partial charge in [-0.1, -0.05) is 0 Å². The summed E-state index contributed by atoms with van der Waals surface area (Å²) >= 11 is 0. The Morgan fingerprint density at radius 2 is 2.03 bits per heavy atom. The fraction of sp³-hybridized carbons (Fsp3) is 0.400. The molecule has 0 spiro atoms. The van der Waals surface area contributed by atoms with Gasteiger partial charge in [0, 0.05) is 56.3 Å². The molecule has 1 amide bonds. The Kier molecular flexibility index (Phi) is 6.78. The number of Topliss-reactive ketones (excluding diaryl/α,β-unsaturated/α-hetero) is 2. The van der Waals surface area contributed by atoms with Crippen LogP contribution in [0.25, 0.3) is 0 Å². The summed E-state index contributed by atoms with van der Waals surface area (Å²) in [6, 6.07) is 7.20. The van der Waals surface area contributed by atoms with Gasteiger partial charge in [-0.2, -0.15) is 5.26 Å². The highest BCUT2D eigenvalue weighted by Gasteiger charge is 2.47. The van der Waals surface area contributed by atoms with E-state index in [1.165, 1.54) is 18.5 Å². The van der Waals surface area contributed by atoms with Crippen LogP contribution in [0, 0.1) is 11.3 Å². The number of halogens is 2. The van der Waals surface area contributed by atoms with E-state index in [2.05, 4.69) is 4.98 Å². The quantitative estimate of drug-likeness (QED) is 0.559. The number of nitriles is 1. The predicted octanol–water partition coefficient (Wildman–Crippen LogP) is 3.06. The van der Waals surface area contributed by atoms with Crippen molar-refractivity contribution in [3.05, 3.63) is 53.3 Å². The number of nitrogens with zero attached hydrogens (tertiary/aromatic N) is 4. The first-order valence-corrected chi connectivity index (χ1v) is 11.2. The zero-order valence-electron chi connectivity index (χ0n) is 19.2. The number of carbonyl (C=O) groups excluding carboxylic acids is 3. The van der Waals surface area contributed by atoms with Crippen molar-refractivity contribution in [3.8, 4) is 11.8 Å². The van der Waals surface area contributed by atoms with Crippen LogP contribution in [0.1, 0.15) is 45.5 Å². The molecule has 1 atom stereocenters. The minimum atomic E-state index is -3.12. The van der Waals surface area contributed by atoms with Gasteiger partial charge in [0.15, 0.2) is 11.6 Å². The van der Waals surface area contributed by atoms with Crippen molar-refractivity contribution in [2.24, 2.45) is 0 Å². The zero-order valence-corrected chi connectivity index (χ0v) is 19.2. The zero-order chi connectivity index (χ0) is 25.2. The fourth-order valence-electron chi connectivity index (χ4n) is 4.34. The number of carbonyl (C=O) groups is 3. The third-order valence-corrected chi connectivity index (χ3v) is 6.24. The van der Waals surface area contributed by atoms with Gasteiger partial charge in [-0.25, -0.2) is 8.78 Å². The highest BCUT2D eigenvalue weighted by atomic mass is 19.3. The van der Waals surface area contributed by atoms with Crippen LogP contribution in [-0.2, 0) is 11.2 Å². The summed E-state index contributed by atoms with van der Waals surface area (Å²) in [7, 11) is 1.94. The van der Waals surface area contributed by atoms with E-state index in [1.54, 1.807) is 18.2 Å². The molecule has 0 aliphatic carbocycles. The summed E-state index contributed by atoms with van der Waals surface area (Å²) in [5, 5.41) is 9.07. The van der Waals surface area contributed by atoms with E-state index >= 15 is 0 Å². The molecule has 1 aromatic carbocycles. The van der Waals surface area contributed by atoms with Gasteiger partial charge in [0.05, 0.1) is 24.8 Å². The number of pyridine rings is 1. The van der Waals surface area contributed by atoms with Crippen molar-refractivity contribution in [2.45, 2.75) is 37.6 Å². The van der Waals surface area contributed by atoms with Gasteiger partial charge in [-0.05, 0) is 29.8 Å². The Labute approximate surface area is 201 Å². The fourth-order valence-corrected chi connectivity index (χ4v) is 4.34. The molecule has 0 unspecified atom stereocenters. The minimum Gasteiger partial charge on any atom is -0.490 e. The summed E-state index contributed by atoms with van der Waals surface area (Å²) < 4.78 is 32.9. The van der Waals surface area contributed by atoms with Crippen molar-refractivity contribution < 1.29 is 27.9 Å². The molecule has 1 fully saturated rings.